The lowest BCUT2D eigenvalue weighted by molar-refractivity contribution is -0.170. The highest BCUT2D eigenvalue weighted by molar-refractivity contribution is 7.93. The first-order chi connectivity index (χ1) is 12.6. The van der Waals surface area contributed by atoms with E-state index in [-0.39, 0.29) is 11.6 Å². The molecule has 10 nitrogen and oxygen atoms in total. The van der Waals surface area contributed by atoms with Crippen LogP contribution >= 0.6 is 11.3 Å². The molecule has 27 heavy (non-hydrogen) atoms. The molecule has 2 saturated heterocycles. The van der Waals surface area contributed by atoms with Crippen LogP contribution in [0.2, 0.25) is 0 Å². The second-order valence-electron chi connectivity index (χ2n) is 6.64. The highest BCUT2D eigenvalue weighted by Crippen LogP contribution is 2.53. The Kier molecular flexibility index (Phi) is 4.67. The number of β-lactam (4-membered cyclic amide) rings is 1. The van der Waals surface area contributed by atoms with Crippen LogP contribution in [0.1, 0.15) is 31.9 Å². The number of ether oxygens (including phenoxy) is 2. The van der Waals surface area contributed by atoms with Gasteiger partial charge >= 0.3 is 12.1 Å². The SMILES string of the molecule is CCOC(=O)OC(c1nccs1)[C@@H]1C(=O)N2[C@@H](C(=O)O)C(C)(C)S(=O)(=O)[C@H]12. The fourth-order valence-corrected chi connectivity index (χ4v) is 6.56. The van der Waals surface area contributed by atoms with E-state index in [1.54, 1.807) is 12.3 Å². The number of hydrogen-bond acceptors (Lipinski definition) is 9. The predicted molar refractivity (Wildman–Crippen MR) is 91.5 cm³/mol. The van der Waals surface area contributed by atoms with Gasteiger partial charge in [0, 0.05) is 11.6 Å². The van der Waals surface area contributed by atoms with Crippen molar-refractivity contribution in [1.82, 2.24) is 9.88 Å². The second kappa shape index (κ2) is 6.44. The number of amides is 1. The van der Waals surface area contributed by atoms with E-state index >= 15 is 0 Å². The Morgan fingerprint density at radius 3 is 2.63 bits per heavy atom. The zero-order valence-electron chi connectivity index (χ0n) is 14.7. The van der Waals surface area contributed by atoms with E-state index in [2.05, 4.69) is 4.98 Å². The van der Waals surface area contributed by atoms with Gasteiger partial charge in [-0.3, -0.25) is 4.79 Å². The molecule has 1 unspecified atom stereocenters. The molecule has 0 saturated carbocycles. The van der Waals surface area contributed by atoms with Crippen LogP contribution in [0, 0.1) is 5.92 Å². The molecule has 2 aliphatic heterocycles. The number of aromatic nitrogens is 1. The first-order valence-electron chi connectivity index (χ1n) is 8.07. The average molecular weight is 418 g/mol. The predicted octanol–water partition coefficient (Wildman–Crippen LogP) is 0.802. The maximum atomic E-state index is 13.0. The third kappa shape index (κ3) is 2.69. The lowest BCUT2D eigenvalue weighted by atomic mass is 9.88. The van der Waals surface area contributed by atoms with Crippen LogP contribution in [-0.4, -0.2) is 64.2 Å². The van der Waals surface area contributed by atoms with E-state index < -0.39 is 56.1 Å². The third-order valence-corrected chi connectivity index (χ3v) is 8.53. The average Bonchev–Trinajstić information content (AvgIpc) is 3.12. The maximum absolute atomic E-state index is 13.0. The summed E-state index contributed by atoms with van der Waals surface area (Å²) in [7, 11) is -4.06. The van der Waals surface area contributed by atoms with Gasteiger partial charge in [0.25, 0.3) is 0 Å². The van der Waals surface area contributed by atoms with Gasteiger partial charge in [-0.15, -0.1) is 11.3 Å². The Labute approximate surface area is 159 Å². The molecule has 0 aliphatic carbocycles. The van der Waals surface area contributed by atoms with Crippen LogP contribution in [-0.2, 0) is 28.9 Å². The van der Waals surface area contributed by atoms with Gasteiger partial charge < -0.3 is 19.5 Å². The number of hydrogen-bond donors (Lipinski definition) is 1. The molecule has 0 aromatic carbocycles. The zero-order chi connectivity index (χ0) is 20.1. The number of rotatable bonds is 5. The zero-order valence-corrected chi connectivity index (χ0v) is 16.3. The van der Waals surface area contributed by atoms with Crippen LogP contribution in [0.4, 0.5) is 4.79 Å². The van der Waals surface area contributed by atoms with Crippen molar-refractivity contribution < 1.29 is 37.4 Å². The summed E-state index contributed by atoms with van der Waals surface area (Å²) < 4.78 is 34.2. The van der Waals surface area contributed by atoms with E-state index in [9.17, 15) is 27.9 Å². The van der Waals surface area contributed by atoms with Gasteiger partial charge in [0.1, 0.15) is 17.0 Å². The summed E-state index contributed by atoms with van der Waals surface area (Å²) in [5.74, 6) is -3.41. The van der Waals surface area contributed by atoms with E-state index in [4.69, 9.17) is 9.47 Å². The molecule has 12 heteroatoms. The van der Waals surface area contributed by atoms with Gasteiger partial charge in [-0.2, -0.15) is 0 Å². The molecule has 2 aliphatic rings. The summed E-state index contributed by atoms with van der Waals surface area (Å²) in [6.07, 6.45) is -0.917. The van der Waals surface area contributed by atoms with E-state index in [1.807, 2.05) is 0 Å². The van der Waals surface area contributed by atoms with Crippen LogP contribution < -0.4 is 0 Å². The minimum Gasteiger partial charge on any atom is -0.480 e. The number of aliphatic carboxylic acids is 1. The molecule has 0 radical (unpaired) electrons. The number of sulfone groups is 1. The van der Waals surface area contributed by atoms with Crippen molar-refractivity contribution in [3.63, 3.8) is 0 Å². The number of fused-ring (bicyclic) bond motifs is 1. The molecule has 4 atom stereocenters. The molecular formula is C15H18N2O8S2. The molecule has 3 rings (SSSR count). The van der Waals surface area contributed by atoms with Crippen LogP contribution in [0.3, 0.4) is 0 Å². The number of thiazole rings is 1. The smallest absolute Gasteiger partial charge is 0.480 e. The minimum atomic E-state index is -4.06. The molecule has 148 valence electrons. The third-order valence-electron chi connectivity index (χ3n) is 4.85. The van der Waals surface area contributed by atoms with Crippen LogP contribution in [0.5, 0.6) is 0 Å². The second-order valence-corrected chi connectivity index (χ2v) is 10.2. The van der Waals surface area contributed by atoms with Gasteiger partial charge in [0.15, 0.2) is 21.3 Å². The van der Waals surface area contributed by atoms with Crippen LogP contribution in [0.25, 0.3) is 0 Å². The minimum absolute atomic E-state index is 0.0318. The fourth-order valence-electron chi connectivity index (χ4n) is 3.53. The van der Waals surface area contributed by atoms with Crippen molar-refractivity contribution in [2.75, 3.05) is 6.61 Å². The fraction of sp³-hybridized carbons (Fsp3) is 0.600. The molecule has 1 amide bonds. The highest BCUT2D eigenvalue weighted by atomic mass is 32.2. The van der Waals surface area contributed by atoms with Crippen LogP contribution in [0.15, 0.2) is 11.6 Å². The molecule has 0 bridgehead atoms. The summed E-state index contributed by atoms with van der Waals surface area (Å²) in [5.41, 5.74) is 0. The van der Waals surface area contributed by atoms with Gasteiger partial charge in [0.05, 0.1) is 11.4 Å². The Hall–Kier alpha value is -2.21. The Morgan fingerprint density at radius 2 is 2.11 bits per heavy atom. The van der Waals surface area contributed by atoms with Crippen molar-refractivity contribution >= 4 is 39.2 Å². The lowest BCUT2D eigenvalue weighted by Gasteiger charge is -2.44. The Morgan fingerprint density at radius 1 is 1.44 bits per heavy atom. The summed E-state index contributed by atoms with van der Waals surface area (Å²) in [6, 6.07) is -1.52. The number of carboxylic acid groups (broad SMARTS) is 1. The summed E-state index contributed by atoms with van der Waals surface area (Å²) in [4.78, 5) is 41.1. The lowest BCUT2D eigenvalue weighted by Crippen LogP contribution is -2.65. The van der Waals surface area contributed by atoms with Crippen molar-refractivity contribution in [3.8, 4) is 0 Å². The molecule has 1 aromatic heterocycles. The Bertz CT molecular complexity index is 880. The number of carboxylic acids is 1. The summed E-state index contributed by atoms with van der Waals surface area (Å²) in [5, 5.41) is 9.88. The van der Waals surface area contributed by atoms with E-state index in [1.165, 1.54) is 20.0 Å². The first kappa shape index (κ1) is 19.5. The molecule has 2 fully saturated rings. The quantitative estimate of drug-likeness (QED) is 0.543. The number of nitrogens with zero attached hydrogens (tertiary/aromatic N) is 2. The summed E-state index contributed by atoms with van der Waals surface area (Å²) >= 11 is 1.09. The van der Waals surface area contributed by atoms with Crippen molar-refractivity contribution in [1.29, 1.82) is 0 Å². The Balaban J connectivity index is 2.02. The number of carbonyl (C=O) groups excluding carboxylic acids is 2. The van der Waals surface area contributed by atoms with Gasteiger partial charge in [-0.25, -0.2) is 23.0 Å². The highest BCUT2D eigenvalue weighted by Gasteiger charge is 2.74. The summed E-state index contributed by atoms with van der Waals surface area (Å²) in [6.45, 7) is 4.14. The van der Waals surface area contributed by atoms with Crippen molar-refractivity contribution in [2.45, 2.75) is 43.0 Å². The largest absolute Gasteiger partial charge is 0.508 e. The topological polar surface area (TPSA) is 140 Å². The van der Waals surface area contributed by atoms with Gasteiger partial charge in [-0.1, -0.05) is 0 Å². The van der Waals surface area contributed by atoms with Crippen molar-refractivity contribution in [3.05, 3.63) is 16.6 Å². The monoisotopic (exact) mass is 418 g/mol. The van der Waals surface area contributed by atoms with Gasteiger partial charge in [0.2, 0.25) is 5.91 Å². The van der Waals surface area contributed by atoms with E-state index in [0.717, 1.165) is 16.2 Å². The molecule has 3 heterocycles. The van der Waals surface area contributed by atoms with E-state index in [0.29, 0.717) is 0 Å². The standard InChI is InChI=1S/C15H18N2O8S2/c1-4-24-14(21)25-8(10-16-5-6-26-10)7-11(18)17-9(13(19)20)15(2,3)27(22,23)12(7)17/h5-9,12H,4H2,1-3H3,(H,19,20)/t7-,8?,9+,12-/m1/s1. The maximum Gasteiger partial charge on any atom is 0.508 e. The van der Waals surface area contributed by atoms with Gasteiger partial charge in [-0.05, 0) is 20.8 Å². The first-order valence-corrected chi connectivity index (χ1v) is 10.5. The molecule has 1 N–H and O–H groups in total. The molecule has 1 aromatic rings. The molecule has 0 spiro atoms. The molecular weight excluding hydrogens is 400 g/mol. The number of carbonyl (C=O) groups is 3. The normalized spacial score (nSPS) is 28.8. The van der Waals surface area contributed by atoms with Crippen molar-refractivity contribution in [2.24, 2.45) is 5.92 Å².